The summed E-state index contributed by atoms with van der Waals surface area (Å²) in [6.45, 7) is 2.06. The zero-order valence-electron chi connectivity index (χ0n) is 16.6. The number of anilines is 1. The summed E-state index contributed by atoms with van der Waals surface area (Å²) in [6, 6.07) is 8.66. The van der Waals surface area contributed by atoms with Crippen LogP contribution in [0.3, 0.4) is 0 Å². The predicted molar refractivity (Wildman–Crippen MR) is 112 cm³/mol. The molecule has 2 heterocycles. The molecule has 0 spiro atoms. The second-order valence-electron chi connectivity index (χ2n) is 6.86. The van der Waals surface area contributed by atoms with E-state index in [2.05, 4.69) is 0 Å². The van der Waals surface area contributed by atoms with Crippen molar-refractivity contribution in [2.45, 2.75) is 13.0 Å². The van der Waals surface area contributed by atoms with Crippen LogP contribution in [0.4, 0.5) is 14.5 Å². The van der Waals surface area contributed by atoms with E-state index in [4.69, 9.17) is 20.8 Å². The van der Waals surface area contributed by atoms with Crippen LogP contribution < -0.4 is 9.64 Å². The van der Waals surface area contributed by atoms with Crippen molar-refractivity contribution in [3.05, 3.63) is 88.3 Å². The quantitative estimate of drug-likeness (QED) is 0.321. The number of amides is 1. The van der Waals surface area contributed by atoms with Gasteiger partial charge in [-0.1, -0.05) is 11.6 Å². The molecule has 6 nitrogen and oxygen atoms in total. The lowest BCUT2D eigenvalue weighted by Crippen LogP contribution is -2.30. The molecular weight excluding hydrogens is 444 g/mol. The molecule has 2 aromatic carbocycles. The third-order valence-electron chi connectivity index (χ3n) is 4.93. The first-order valence-corrected chi connectivity index (χ1v) is 9.93. The van der Waals surface area contributed by atoms with E-state index in [0.717, 1.165) is 17.0 Å². The van der Waals surface area contributed by atoms with Gasteiger partial charge in [0.05, 0.1) is 29.2 Å². The van der Waals surface area contributed by atoms with Crippen LogP contribution in [0.5, 0.6) is 5.75 Å². The van der Waals surface area contributed by atoms with E-state index in [0.29, 0.717) is 17.7 Å². The third kappa shape index (κ3) is 3.62. The number of benzene rings is 2. The standard InChI is InChI=1S/C23H16ClF2NO5/c1-2-31-18-10-12(5-7-14(18)24)21(28)19-20(17-4-3-9-32-17)27(23(30)22(19)29)16-8-6-13(25)11-15(16)26/h3-11,20,28H,2H2,1H3/b21-19-. The lowest BCUT2D eigenvalue weighted by Gasteiger charge is -2.23. The van der Waals surface area contributed by atoms with Crippen LogP contribution in [-0.4, -0.2) is 23.4 Å². The van der Waals surface area contributed by atoms with Gasteiger partial charge in [0.25, 0.3) is 11.7 Å². The van der Waals surface area contributed by atoms with E-state index in [1.54, 1.807) is 6.92 Å². The number of halogens is 3. The van der Waals surface area contributed by atoms with Crippen molar-refractivity contribution < 1.29 is 32.6 Å². The van der Waals surface area contributed by atoms with E-state index < -0.39 is 35.1 Å². The number of aliphatic hydroxyl groups is 1. The molecule has 32 heavy (non-hydrogen) atoms. The SMILES string of the molecule is CCOc1cc(/C(O)=C2/C(=O)C(=O)N(c3ccc(F)cc3F)C2c2ccco2)ccc1Cl. The van der Waals surface area contributed by atoms with E-state index in [1.807, 2.05) is 0 Å². The fourth-order valence-electron chi connectivity index (χ4n) is 3.55. The molecule has 1 aliphatic rings. The Morgan fingerprint density at radius 1 is 1.19 bits per heavy atom. The lowest BCUT2D eigenvalue weighted by molar-refractivity contribution is -0.132. The van der Waals surface area contributed by atoms with Crippen LogP contribution in [0.2, 0.25) is 5.02 Å². The molecule has 1 N–H and O–H groups in total. The molecule has 0 radical (unpaired) electrons. The average molecular weight is 460 g/mol. The molecule has 0 bridgehead atoms. The molecule has 1 aliphatic heterocycles. The Bertz CT molecular complexity index is 1240. The minimum Gasteiger partial charge on any atom is -0.507 e. The molecule has 164 valence electrons. The van der Waals surface area contributed by atoms with E-state index >= 15 is 0 Å². The second kappa shape index (κ2) is 8.47. The maximum absolute atomic E-state index is 14.6. The van der Waals surface area contributed by atoms with Gasteiger partial charge in [0.1, 0.15) is 34.9 Å². The van der Waals surface area contributed by atoms with Crippen molar-refractivity contribution in [1.29, 1.82) is 0 Å². The fourth-order valence-corrected chi connectivity index (χ4v) is 3.72. The van der Waals surface area contributed by atoms with Gasteiger partial charge in [-0.15, -0.1) is 0 Å². The zero-order chi connectivity index (χ0) is 23.0. The summed E-state index contributed by atoms with van der Waals surface area (Å²) in [4.78, 5) is 26.7. The molecule has 1 saturated heterocycles. The highest BCUT2D eigenvalue weighted by Crippen LogP contribution is 2.43. The van der Waals surface area contributed by atoms with E-state index in [9.17, 15) is 23.5 Å². The molecule has 9 heteroatoms. The van der Waals surface area contributed by atoms with Crippen LogP contribution in [0.1, 0.15) is 24.3 Å². The summed E-state index contributed by atoms with van der Waals surface area (Å²) in [5.74, 6) is -4.19. The molecule has 1 fully saturated rings. The normalized spacial score (nSPS) is 17.8. The van der Waals surface area contributed by atoms with Gasteiger partial charge in [-0.05, 0) is 49.4 Å². The Morgan fingerprint density at radius 2 is 1.97 bits per heavy atom. The first-order valence-electron chi connectivity index (χ1n) is 9.55. The summed E-state index contributed by atoms with van der Waals surface area (Å²) >= 11 is 6.10. The Hall–Kier alpha value is -3.65. The van der Waals surface area contributed by atoms with Gasteiger partial charge in [0.15, 0.2) is 0 Å². The van der Waals surface area contributed by atoms with Crippen molar-refractivity contribution in [1.82, 2.24) is 0 Å². The number of nitrogens with zero attached hydrogens (tertiary/aromatic N) is 1. The Labute approximate surface area is 186 Å². The van der Waals surface area contributed by atoms with Gasteiger partial charge in [-0.3, -0.25) is 14.5 Å². The Kier molecular flexibility index (Phi) is 5.71. The minimum absolute atomic E-state index is 0.105. The topological polar surface area (TPSA) is 80.0 Å². The van der Waals surface area contributed by atoms with Crippen LogP contribution in [0.15, 0.2) is 64.8 Å². The number of carbonyl (C=O) groups excluding carboxylic acids is 2. The number of carbonyl (C=O) groups is 2. The molecule has 0 saturated carbocycles. The smallest absolute Gasteiger partial charge is 0.300 e. The number of hydrogen-bond donors (Lipinski definition) is 1. The molecule has 1 atom stereocenters. The Morgan fingerprint density at radius 3 is 2.62 bits per heavy atom. The van der Waals surface area contributed by atoms with Gasteiger partial charge in [0.2, 0.25) is 0 Å². The van der Waals surface area contributed by atoms with Crippen molar-refractivity contribution >= 4 is 34.7 Å². The predicted octanol–water partition coefficient (Wildman–Crippen LogP) is 5.24. The second-order valence-corrected chi connectivity index (χ2v) is 7.27. The average Bonchev–Trinajstić information content (AvgIpc) is 3.37. The number of rotatable bonds is 5. The van der Waals surface area contributed by atoms with Crippen LogP contribution in [0, 0.1) is 11.6 Å². The highest BCUT2D eigenvalue weighted by atomic mass is 35.5. The zero-order valence-corrected chi connectivity index (χ0v) is 17.4. The summed E-state index contributed by atoms with van der Waals surface area (Å²) < 4.78 is 38.8. The van der Waals surface area contributed by atoms with E-state index in [1.165, 1.54) is 36.6 Å². The maximum Gasteiger partial charge on any atom is 0.300 e. The first-order chi connectivity index (χ1) is 15.3. The van der Waals surface area contributed by atoms with Crippen molar-refractivity contribution in [2.75, 3.05) is 11.5 Å². The molecular formula is C23H16ClF2NO5. The molecule has 0 aliphatic carbocycles. The van der Waals surface area contributed by atoms with Gasteiger partial charge in [-0.25, -0.2) is 8.78 Å². The number of Topliss-reactive ketones (excluding diaryl/α,β-unsaturated/α-hetero) is 1. The number of aliphatic hydroxyl groups excluding tert-OH is 1. The highest BCUT2D eigenvalue weighted by molar-refractivity contribution is 6.51. The fraction of sp³-hybridized carbons (Fsp3) is 0.130. The molecule has 3 aromatic rings. The number of ketones is 1. The number of ether oxygens (including phenoxy) is 1. The van der Waals surface area contributed by atoms with E-state index in [-0.39, 0.29) is 28.3 Å². The van der Waals surface area contributed by atoms with Gasteiger partial charge >= 0.3 is 0 Å². The lowest BCUT2D eigenvalue weighted by atomic mass is 9.99. The first kappa shape index (κ1) is 21.6. The van der Waals surface area contributed by atoms with Crippen molar-refractivity contribution in [3.8, 4) is 5.75 Å². The summed E-state index contributed by atoms with van der Waals surface area (Å²) in [5, 5.41) is 11.3. The maximum atomic E-state index is 14.6. The summed E-state index contributed by atoms with van der Waals surface area (Å²) in [7, 11) is 0. The summed E-state index contributed by atoms with van der Waals surface area (Å²) in [5.41, 5.74) is -0.495. The van der Waals surface area contributed by atoms with Crippen LogP contribution >= 0.6 is 11.6 Å². The monoisotopic (exact) mass is 459 g/mol. The number of hydrogen-bond acceptors (Lipinski definition) is 5. The molecule has 4 rings (SSSR count). The van der Waals surface area contributed by atoms with Crippen LogP contribution in [-0.2, 0) is 9.59 Å². The van der Waals surface area contributed by atoms with Gasteiger partial charge < -0.3 is 14.3 Å². The minimum atomic E-state index is -1.28. The largest absolute Gasteiger partial charge is 0.507 e. The number of furan rings is 1. The van der Waals surface area contributed by atoms with Crippen molar-refractivity contribution in [3.63, 3.8) is 0 Å². The van der Waals surface area contributed by atoms with Crippen molar-refractivity contribution in [2.24, 2.45) is 0 Å². The highest BCUT2D eigenvalue weighted by Gasteiger charge is 2.49. The van der Waals surface area contributed by atoms with Gasteiger partial charge in [0, 0.05) is 11.6 Å². The Balaban J connectivity index is 1.92. The van der Waals surface area contributed by atoms with Gasteiger partial charge in [-0.2, -0.15) is 0 Å². The molecule has 1 aromatic heterocycles. The molecule has 1 amide bonds. The third-order valence-corrected chi connectivity index (χ3v) is 5.24. The van der Waals surface area contributed by atoms with Crippen LogP contribution in [0.25, 0.3) is 5.76 Å². The molecule has 1 unspecified atom stereocenters. The summed E-state index contributed by atoms with van der Waals surface area (Å²) in [6.07, 6.45) is 1.31.